The molecular formula is C15H16N2OS. The number of aryl methyl sites for hydroxylation is 1. The Balaban J connectivity index is 2.05. The Kier molecular flexibility index (Phi) is 4.58. The first-order valence-corrected chi connectivity index (χ1v) is 7.27. The van der Waals surface area contributed by atoms with Crippen LogP contribution in [0.4, 0.5) is 5.82 Å². The third kappa shape index (κ3) is 3.83. The van der Waals surface area contributed by atoms with E-state index in [4.69, 9.17) is 0 Å². The van der Waals surface area contributed by atoms with Gasteiger partial charge >= 0.3 is 0 Å². The van der Waals surface area contributed by atoms with Gasteiger partial charge in [0.2, 0.25) is 5.91 Å². The smallest absolute Gasteiger partial charge is 0.229 e. The molecule has 0 atom stereocenters. The third-order valence-electron chi connectivity index (χ3n) is 2.70. The zero-order valence-corrected chi connectivity index (χ0v) is 11.8. The molecule has 0 radical (unpaired) electrons. The van der Waals surface area contributed by atoms with E-state index in [1.54, 1.807) is 17.8 Å². The molecule has 1 aromatic heterocycles. The van der Waals surface area contributed by atoms with Crippen LogP contribution in [0.25, 0.3) is 0 Å². The zero-order chi connectivity index (χ0) is 13.7. The Hall–Kier alpha value is -1.81. The maximum absolute atomic E-state index is 12.0. The highest BCUT2D eigenvalue weighted by atomic mass is 32.2. The quantitative estimate of drug-likeness (QED) is 0.868. The second-order valence-corrected chi connectivity index (χ2v) is 5.05. The number of hydrogen-bond donors (Lipinski definition) is 1. The van der Waals surface area contributed by atoms with Crippen LogP contribution >= 0.6 is 11.8 Å². The van der Waals surface area contributed by atoms with Crippen LogP contribution in [0.5, 0.6) is 0 Å². The Labute approximate surface area is 117 Å². The lowest BCUT2D eigenvalue weighted by molar-refractivity contribution is -0.115. The van der Waals surface area contributed by atoms with E-state index in [1.807, 2.05) is 49.6 Å². The molecule has 0 unspecified atom stereocenters. The van der Waals surface area contributed by atoms with Crippen molar-refractivity contribution >= 4 is 23.5 Å². The summed E-state index contributed by atoms with van der Waals surface area (Å²) in [6.07, 6.45) is 2.38. The molecule has 0 saturated heterocycles. The van der Waals surface area contributed by atoms with Crippen molar-refractivity contribution in [2.45, 2.75) is 18.2 Å². The fourth-order valence-corrected chi connectivity index (χ4v) is 2.44. The molecule has 0 aliphatic heterocycles. The van der Waals surface area contributed by atoms with Crippen LogP contribution in [0.2, 0.25) is 0 Å². The lowest BCUT2D eigenvalue weighted by Crippen LogP contribution is -2.15. The molecule has 3 nitrogen and oxygen atoms in total. The number of hydrogen-bond acceptors (Lipinski definition) is 3. The number of carbonyl (C=O) groups excluding carboxylic acids is 1. The number of thioether (sulfide) groups is 1. The van der Waals surface area contributed by atoms with Gasteiger partial charge in [-0.3, -0.25) is 4.79 Å². The van der Waals surface area contributed by atoms with Crippen LogP contribution < -0.4 is 5.32 Å². The van der Waals surface area contributed by atoms with Crippen molar-refractivity contribution in [2.75, 3.05) is 11.6 Å². The molecule has 2 aromatic rings. The Bertz CT molecular complexity index is 584. The van der Waals surface area contributed by atoms with Gasteiger partial charge in [0.25, 0.3) is 0 Å². The Morgan fingerprint density at radius 1 is 1.21 bits per heavy atom. The molecule has 2 rings (SSSR count). The minimum atomic E-state index is -0.0420. The number of nitrogens with one attached hydrogen (secondary N) is 1. The first kappa shape index (κ1) is 13.6. The van der Waals surface area contributed by atoms with E-state index in [-0.39, 0.29) is 5.91 Å². The fourth-order valence-electron chi connectivity index (χ4n) is 1.82. The van der Waals surface area contributed by atoms with Gasteiger partial charge in [-0.25, -0.2) is 4.98 Å². The number of nitrogens with zero attached hydrogens (tertiary/aromatic N) is 1. The highest BCUT2D eigenvalue weighted by Gasteiger charge is 2.08. The van der Waals surface area contributed by atoms with Crippen LogP contribution in [0.3, 0.4) is 0 Å². The highest BCUT2D eigenvalue weighted by Crippen LogP contribution is 2.20. The largest absolute Gasteiger partial charge is 0.310 e. The van der Waals surface area contributed by atoms with Crippen molar-refractivity contribution in [1.29, 1.82) is 0 Å². The van der Waals surface area contributed by atoms with Gasteiger partial charge in [0.15, 0.2) is 0 Å². The molecule has 1 N–H and O–H groups in total. The van der Waals surface area contributed by atoms with E-state index >= 15 is 0 Å². The first-order chi connectivity index (χ1) is 9.19. The SMILES string of the molecule is CSc1ccccc1CC(=O)Nc1cccc(C)n1. The average molecular weight is 272 g/mol. The van der Waals surface area contributed by atoms with Gasteiger partial charge in [0.1, 0.15) is 5.82 Å². The predicted molar refractivity (Wildman–Crippen MR) is 79.5 cm³/mol. The predicted octanol–water partition coefficient (Wildman–Crippen LogP) is 3.29. The molecule has 1 heterocycles. The molecule has 1 amide bonds. The van der Waals surface area contributed by atoms with Gasteiger partial charge in [-0.05, 0) is 36.9 Å². The molecule has 0 aliphatic carbocycles. The van der Waals surface area contributed by atoms with Crippen molar-refractivity contribution in [3.05, 3.63) is 53.7 Å². The summed E-state index contributed by atoms with van der Waals surface area (Å²) in [5.41, 5.74) is 1.93. The number of anilines is 1. The molecule has 0 spiro atoms. The minimum Gasteiger partial charge on any atom is -0.310 e. The number of rotatable bonds is 4. The van der Waals surface area contributed by atoms with E-state index in [2.05, 4.69) is 10.3 Å². The normalized spacial score (nSPS) is 10.2. The van der Waals surface area contributed by atoms with Crippen molar-refractivity contribution in [2.24, 2.45) is 0 Å². The number of pyridine rings is 1. The van der Waals surface area contributed by atoms with Gasteiger partial charge in [-0.15, -0.1) is 11.8 Å². The van der Waals surface area contributed by atoms with E-state index in [0.717, 1.165) is 16.2 Å². The number of amides is 1. The zero-order valence-electron chi connectivity index (χ0n) is 11.0. The maximum Gasteiger partial charge on any atom is 0.229 e. The van der Waals surface area contributed by atoms with Gasteiger partial charge in [0.05, 0.1) is 6.42 Å². The second-order valence-electron chi connectivity index (χ2n) is 4.20. The minimum absolute atomic E-state index is 0.0420. The van der Waals surface area contributed by atoms with Crippen molar-refractivity contribution in [1.82, 2.24) is 4.98 Å². The molecule has 0 saturated carbocycles. The lowest BCUT2D eigenvalue weighted by Gasteiger charge is -2.08. The number of benzene rings is 1. The van der Waals surface area contributed by atoms with E-state index in [1.165, 1.54) is 0 Å². The van der Waals surface area contributed by atoms with Crippen molar-refractivity contribution in [3.8, 4) is 0 Å². The molecule has 98 valence electrons. The van der Waals surface area contributed by atoms with Gasteiger partial charge in [-0.1, -0.05) is 24.3 Å². The third-order valence-corrected chi connectivity index (χ3v) is 3.54. The lowest BCUT2D eigenvalue weighted by atomic mass is 10.1. The maximum atomic E-state index is 12.0. The molecule has 0 bridgehead atoms. The van der Waals surface area contributed by atoms with Crippen LogP contribution in [-0.4, -0.2) is 17.1 Å². The summed E-state index contributed by atoms with van der Waals surface area (Å²) in [5.74, 6) is 0.561. The summed E-state index contributed by atoms with van der Waals surface area (Å²) in [5, 5.41) is 2.82. The molecule has 0 fully saturated rings. The van der Waals surface area contributed by atoms with Gasteiger partial charge < -0.3 is 5.32 Å². The van der Waals surface area contributed by atoms with Crippen molar-refractivity contribution < 1.29 is 4.79 Å². The van der Waals surface area contributed by atoms with Crippen LogP contribution in [0.1, 0.15) is 11.3 Å². The summed E-state index contributed by atoms with van der Waals surface area (Å²) in [7, 11) is 0. The summed E-state index contributed by atoms with van der Waals surface area (Å²) < 4.78 is 0. The molecule has 19 heavy (non-hydrogen) atoms. The fraction of sp³-hybridized carbons (Fsp3) is 0.200. The topological polar surface area (TPSA) is 42.0 Å². The number of aromatic nitrogens is 1. The van der Waals surface area contributed by atoms with Crippen molar-refractivity contribution in [3.63, 3.8) is 0 Å². The Morgan fingerprint density at radius 3 is 2.74 bits per heavy atom. The molecule has 0 aliphatic rings. The molecular weight excluding hydrogens is 256 g/mol. The average Bonchev–Trinajstić information content (AvgIpc) is 2.39. The summed E-state index contributed by atoms with van der Waals surface area (Å²) in [6, 6.07) is 13.5. The summed E-state index contributed by atoms with van der Waals surface area (Å²) in [4.78, 5) is 17.4. The molecule has 4 heteroatoms. The monoisotopic (exact) mass is 272 g/mol. The van der Waals surface area contributed by atoms with Gasteiger partial charge in [0, 0.05) is 10.6 Å². The van der Waals surface area contributed by atoms with E-state index in [0.29, 0.717) is 12.2 Å². The number of carbonyl (C=O) groups is 1. The standard InChI is InChI=1S/C15H16N2OS/c1-11-6-5-9-14(16-11)17-15(18)10-12-7-3-4-8-13(12)19-2/h3-9H,10H2,1-2H3,(H,16,17,18). The Morgan fingerprint density at radius 2 is 2.00 bits per heavy atom. The summed E-state index contributed by atoms with van der Waals surface area (Å²) >= 11 is 1.65. The second kappa shape index (κ2) is 6.38. The van der Waals surface area contributed by atoms with Crippen LogP contribution in [0.15, 0.2) is 47.4 Å². The van der Waals surface area contributed by atoms with Gasteiger partial charge in [-0.2, -0.15) is 0 Å². The summed E-state index contributed by atoms with van der Waals surface area (Å²) in [6.45, 7) is 1.90. The van der Waals surface area contributed by atoms with E-state index in [9.17, 15) is 4.79 Å². The molecule has 1 aromatic carbocycles. The van der Waals surface area contributed by atoms with Crippen LogP contribution in [-0.2, 0) is 11.2 Å². The first-order valence-electron chi connectivity index (χ1n) is 6.04. The highest BCUT2D eigenvalue weighted by molar-refractivity contribution is 7.98. The van der Waals surface area contributed by atoms with E-state index < -0.39 is 0 Å². The van der Waals surface area contributed by atoms with Crippen LogP contribution in [0, 0.1) is 6.92 Å².